The van der Waals surface area contributed by atoms with Gasteiger partial charge in [-0.05, 0) is 36.1 Å². The molecule has 4 rings (SSSR count). The molecular formula is C18H16N2O3S. The number of amides is 2. The van der Waals surface area contributed by atoms with Gasteiger partial charge in [0.25, 0.3) is 5.91 Å². The minimum atomic E-state index is -0.775. The Morgan fingerprint density at radius 1 is 1.00 bits per heavy atom. The normalized spacial score (nSPS) is 25.7. The molecule has 0 radical (unpaired) electrons. The molecule has 2 aliphatic rings. The standard InChI is InChI=1S/C18H16N2O3S/c1-24-13-9-7-11(8-10-13)15-14-16(18(22)19-17(14)21)23-20(15)12-5-3-2-4-6-12/h2-10,14-16H,1H3,(H,19,21,22)/t14-,15-,16-/m0/s1. The van der Waals surface area contributed by atoms with Gasteiger partial charge >= 0.3 is 0 Å². The van der Waals surface area contributed by atoms with Gasteiger partial charge in [0.15, 0.2) is 6.10 Å². The van der Waals surface area contributed by atoms with E-state index in [-0.39, 0.29) is 17.9 Å². The van der Waals surface area contributed by atoms with Crippen molar-refractivity contribution in [3.05, 3.63) is 60.2 Å². The van der Waals surface area contributed by atoms with Gasteiger partial charge in [0, 0.05) is 4.90 Å². The quantitative estimate of drug-likeness (QED) is 0.687. The van der Waals surface area contributed by atoms with E-state index in [0.717, 1.165) is 16.1 Å². The number of thioether (sulfide) groups is 1. The lowest BCUT2D eigenvalue weighted by molar-refractivity contribution is -0.129. The van der Waals surface area contributed by atoms with Crippen LogP contribution in [0, 0.1) is 5.92 Å². The first-order valence-corrected chi connectivity index (χ1v) is 8.91. The molecule has 24 heavy (non-hydrogen) atoms. The van der Waals surface area contributed by atoms with Crippen LogP contribution in [-0.2, 0) is 14.4 Å². The Morgan fingerprint density at radius 2 is 1.71 bits per heavy atom. The first kappa shape index (κ1) is 15.2. The Bertz CT molecular complexity index is 779. The summed E-state index contributed by atoms with van der Waals surface area (Å²) >= 11 is 1.66. The fourth-order valence-corrected chi connectivity index (χ4v) is 3.68. The number of para-hydroxylation sites is 1. The number of anilines is 1. The Balaban J connectivity index is 1.78. The predicted molar refractivity (Wildman–Crippen MR) is 91.4 cm³/mol. The first-order valence-electron chi connectivity index (χ1n) is 7.69. The van der Waals surface area contributed by atoms with Crippen molar-refractivity contribution in [1.29, 1.82) is 0 Å². The van der Waals surface area contributed by atoms with Crippen molar-refractivity contribution >= 4 is 29.3 Å². The largest absolute Gasteiger partial charge is 0.294 e. The molecule has 0 spiro atoms. The third-order valence-corrected chi connectivity index (χ3v) is 5.17. The van der Waals surface area contributed by atoms with Gasteiger partial charge in [-0.3, -0.25) is 19.7 Å². The third-order valence-electron chi connectivity index (χ3n) is 4.42. The Morgan fingerprint density at radius 3 is 2.38 bits per heavy atom. The minimum Gasteiger partial charge on any atom is -0.294 e. The first-order chi connectivity index (χ1) is 11.7. The van der Waals surface area contributed by atoms with Crippen molar-refractivity contribution in [1.82, 2.24) is 5.32 Å². The maximum Gasteiger partial charge on any atom is 0.259 e. The van der Waals surface area contributed by atoms with E-state index < -0.39 is 12.0 Å². The topological polar surface area (TPSA) is 58.6 Å². The second-order valence-electron chi connectivity index (χ2n) is 5.78. The molecule has 2 saturated heterocycles. The van der Waals surface area contributed by atoms with Crippen LogP contribution >= 0.6 is 11.8 Å². The van der Waals surface area contributed by atoms with Crippen LogP contribution in [0.4, 0.5) is 5.69 Å². The van der Waals surface area contributed by atoms with E-state index in [2.05, 4.69) is 5.32 Å². The molecule has 0 unspecified atom stereocenters. The summed E-state index contributed by atoms with van der Waals surface area (Å²) in [5.74, 6) is -1.19. The molecule has 2 heterocycles. The number of nitrogens with zero attached hydrogens (tertiary/aromatic N) is 1. The second-order valence-corrected chi connectivity index (χ2v) is 6.66. The average Bonchev–Trinajstić information content (AvgIpc) is 3.14. The highest BCUT2D eigenvalue weighted by Gasteiger charge is 2.56. The van der Waals surface area contributed by atoms with E-state index in [1.54, 1.807) is 16.8 Å². The minimum absolute atomic E-state index is 0.276. The molecule has 0 saturated carbocycles. The molecule has 122 valence electrons. The lowest BCUT2D eigenvalue weighted by Gasteiger charge is -2.27. The molecule has 2 amide bonds. The number of hydrogen-bond acceptors (Lipinski definition) is 5. The summed E-state index contributed by atoms with van der Waals surface area (Å²) in [5.41, 5.74) is 1.78. The third kappa shape index (κ3) is 2.39. The van der Waals surface area contributed by atoms with Crippen LogP contribution in [-0.4, -0.2) is 24.2 Å². The van der Waals surface area contributed by atoms with E-state index in [9.17, 15) is 9.59 Å². The number of rotatable bonds is 3. The van der Waals surface area contributed by atoms with Crippen LogP contribution in [0.3, 0.4) is 0 Å². The smallest absolute Gasteiger partial charge is 0.259 e. The van der Waals surface area contributed by atoms with E-state index in [1.807, 2.05) is 60.9 Å². The molecule has 0 aliphatic carbocycles. The predicted octanol–water partition coefficient (Wildman–Crippen LogP) is 2.54. The number of imide groups is 1. The van der Waals surface area contributed by atoms with Crippen LogP contribution in [0.5, 0.6) is 0 Å². The number of carbonyl (C=O) groups is 2. The van der Waals surface area contributed by atoms with Gasteiger partial charge in [-0.25, -0.2) is 5.06 Å². The number of hydroxylamine groups is 1. The highest BCUT2D eigenvalue weighted by atomic mass is 32.2. The number of benzene rings is 2. The zero-order valence-electron chi connectivity index (χ0n) is 13.0. The van der Waals surface area contributed by atoms with Gasteiger partial charge in [0.05, 0.1) is 11.7 Å². The summed E-state index contributed by atoms with van der Waals surface area (Å²) in [6.07, 6.45) is 1.24. The maximum atomic E-state index is 12.3. The van der Waals surface area contributed by atoms with Gasteiger partial charge in [-0.2, -0.15) is 0 Å². The Labute approximate surface area is 143 Å². The second kappa shape index (κ2) is 5.96. The molecule has 6 heteroatoms. The number of carbonyl (C=O) groups excluding carboxylic acids is 2. The molecule has 2 aliphatic heterocycles. The monoisotopic (exact) mass is 340 g/mol. The lowest BCUT2D eigenvalue weighted by atomic mass is 9.90. The highest BCUT2D eigenvalue weighted by molar-refractivity contribution is 7.98. The fourth-order valence-electron chi connectivity index (χ4n) is 3.27. The van der Waals surface area contributed by atoms with Crippen molar-refractivity contribution in [2.45, 2.75) is 17.0 Å². The van der Waals surface area contributed by atoms with E-state index in [4.69, 9.17) is 4.84 Å². The van der Waals surface area contributed by atoms with Crippen LogP contribution in [0.2, 0.25) is 0 Å². The summed E-state index contributed by atoms with van der Waals surface area (Å²) in [4.78, 5) is 31.4. The summed E-state index contributed by atoms with van der Waals surface area (Å²) in [6, 6.07) is 17.2. The number of nitrogens with one attached hydrogen (secondary N) is 1. The van der Waals surface area contributed by atoms with E-state index >= 15 is 0 Å². The molecule has 0 aromatic heterocycles. The summed E-state index contributed by atoms with van der Waals surface area (Å²) in [7, 11) is 0. The van der Waals surface area contributed by atoms with Crippen molar-refractivity contribution in [2.24, 2.45) is 5.92 Å². The molecule has 2 aromatic carbocycles. The Kier molecular flexibility index (Phi) is 3.78. The SMILES string of the molecule is CSc1ccc([C@H]2[C@@H]3C(=O)NC(=O)[C@H]3ON2c2ccccc2)cc1. The molecule has 2 aromatic rings. The van der Waals surface area contributed by atoms with Crippen LogP contribution in [0.15, 0.2) is 59.5 Å². The molecule has 3 atom stereocenters. The zero-order valence-corrected chi connectivity index (χ0v) is 13.8. The van der Waals surface area contributed by atoms with E-state index in [0.29, 0.717) is 0 Å². The zero-order chi connectivity index (χ0) is 16.7. The highest BCUT2D eigenvalue weighted by Crippen LogP contribution is 2.44. The average molecular weight is 340 g/mol. The summed E-state index contributed by atoms with van der Waals surface area (Å²) in [6.45, 7) is 0. The van der Waals surface area contributed by atoms with Crippen molar-refractivity contribution in [2.75, 3.05) is 11.3 Å². The molecule has 2 fully saturated rings. The van der Waals surface area contributed by atoms with Gasteiger partial charge in [-0.1, -0.05) is 30.3 Å². The van der Waals surface area contributed by atoms with Crippen LogP contribution < -0.4 is 10.4 Å². The van der Waals surface area contributed by atoms with E-state index in [1.165, 1.54) is 0 Å². The fraction of sp³-hybridized carbons (Fsp3) is 0.222. The van der Waals surface area contributed by atoms with Gasteiger partial charge in [-0.15, -0.1) is 11.8 Å². The van der Waals surface area contributed by atoms with Gasteiger partial charge in [0.2, 0.25) is 5.91 Å². The van der Waals surface area contributed by atoms with Crippen molar-refractivity contribution in [3.63, 3.8) is 0 Å². The molecule has 5 nitrogen and oxygen atoms in total. The van der Waals surface area contributed by atoms with Gasteiger partial charge in [0.1, 0.15) is 5.92 Å². The molecule has 1 N–H and O–H groups in total. The molecular weight excluding hydrogens is 324 g/mol. The van der Waals surface area contributed by atoms with Gasteiger partial charge < -0.3 is 0 Å². The lowest BCUT2D eigenvalue weighted by Crippen LogP contribution is -2.33. The number of hydrogen-bond donors (Lipinski definition) is 1. The van der Waals surface area contributed by atoms with Crippen LogP contribution in [0.1, 0.15) is 11.6 Å². The Hall–Kier alpha value is -2.31. The summed E-state index contributed by atoms with van der Waals surface area (Å²) in [5, 5.41) is 4.07. The van der Waals surface area contributed by atoms with Crippen molar-refractivity contribution in [3.8, 4) is 0 Å². The number of fused-ring (bicyclic) bond motifs is 1. The van der Waals surface area contributed by atoms with Crippen LogP contribution in [0.25, 0.3) is 0 Å². The maximum absolute atomic E-state index is 12.3. The molecule has 0 bridgehead atoms. The van der Waals surface area contributed by atoms with Crippen molar-refractivity contribution < 1.29 is 14.4 Å². The summed E-state index contributed by atoms with van der Waals surface area (Å²) < 4.78 is 0.